The number of carbonyl (C=O) groups is 1. The van der Waals surface area contributed by atoms with Gasteiger partial charge in [0.05, 0.1) is 12.0 Å². The number of carboxylic acid groups (broad SMARTS) is 1. The number of imidazole rings is 1. The zero-order chi connectivity index (χ0) is 13.8. The van der Waals surface area contributed by atoms with Crippen LogP contribution in [-0.2, 0) is 11.2 Å². The molecule has 6 heteroatoms. The van der Waals surface area contributed by atoms with Crippen molar-refractivity contribution >= 4 is 17.7 Å². The number of aliphatic carboxylic acids is 1. The molecule has 0 aromatic carbocycles. The van der Waals surface area contributed by atoms with E-state index >= 15 is 0 Å². The molecule has 2 rings (SSSR count). The minimum absolute atomic E-state index is 0.0178. The lowest BCUT2D eigenvalue weighted by atomic mass is 10.2. The molecule has 0 aliphatic heterocycles. The highest BCUT2D eigenvalue weighted by molar-refractivity contribution is 7.99. The minimum atomic E-state index is -0.837. The molecule has 1 unspecified atom stereocenters. The first-order valence-corrected chi connectivity index (χ1v) is 6.97. The number of aromatic nitrogens is 2. The third-order valence-electron chi connectivity index (χ3n) is 2.79. The SMILES string of the molecule is Cc1cnc(SCC(=O)O)n1C(C)Cc1ccco1. The van der Waals surface area contributed by atoms with E-state index in [0.717, 1.165) is 23.0 Å². The summed E-state index contributed by atoms with van der Waals surface area (Å²) in [6.45, 7) is 4.04. The van der Waals surface area contributed by atoms with E-state index in [0.29, 0.717) is 0 Å². The summed E-state index contributed by atoms with van der Waals surface area (Å²) in [5.41, 5.74) is 1.02. The van der Waals surface area contributed by atoms with Crippen LogP contribution in [0.3, 0.4) is 0 Å². The van der Waals surface area contributed by atoms with Crippen LogP contribution in [-0.4, -0.2) is 26.4 Å². The smallest absolute Gasteiger partial charge is 0.313 e. The third-order valence-corrected chi connectivity index (χ3v) is 3.74. The zero-order valence-corrected chi connectivity index (χ0v) is 11.7. The van der Waals surface area contributed by atoms with Gasteiger partial charge in [0.15, 0.2) is 5.16 Å². The average molecular weight is 280 g/mol. The van der Waals surface area contributed by atoms with Crippen LogP contribution in [0.15, 0.2) is 34.2 Å². The second kappa shape index (κ2) is 5.97. The molecule has 0 aliphatic rings. The van der Waals surface area contributed by atoms with Crippen LogP contribution in [0.5, 0.6) is 0 Å². The summed E-state index contributed by atoms with van der Waals surface area (Å²) in [6, 6.07) is 3.97. The maximum absolute atomic E-state index is 10.6. The number of aryl methyl sites for hydroxylation is 1. The number of thioether (sulfide) groups is 1. The Balaban J connectivity index is 2.13. The summed E-state index contributed by atoms with van der Waals surface area (Å²) >= 11 is 1.24. The van der Waals surface area contributed by atoms with Crippen molar-refractivity contribution in [2.45, 2.75) is 31.5 Å². The first kappa shape index (κ1) is 13.7. The second-order valence-corrected chi connectivity index (χ2v) is 5.31. The molecule has 1 N–H and O–H groups in total. The molecule has 0 aliphatic carbocycles. The molecule has 0 radical (unpaired) electrons. The lowest BCUT2D eigenvalue weighted by Gasteiger charge is -2.16. The van der Waals surface area contributed by atoms with Crippen LogP contribution in [0.25, 0.3) is 0 Å². The van der Waals surface area contributed by atoms with Crippen molar-refractivity contribution in [3.63, 3.8) is 0 Å². The molecule has 0 saturated carbocycles. The van der Waals surface area contributed by atoms with Crippen LogP contribution < -0.4 is 0 Å². The Morgan fingerprint density at radius 2 is 2.42 bits per heavy atom. The maximum atomic E-state index is 10.6. The Hall–Kier alpha value is -1.69. The maximum Gasteiger partial charge on any atom is 0.313 e. The van der Waals surface area contributed by atoms with Gasteiger partial charge in [-0.15, -0.1) is 0 Å². The highest BCUT2D eigenvalue weighted by Crippen LogP contribution is 2.25. The van der Waals surface area contributed by atoms with Crippen LogP contribution in [0.1, 0.15) is 24.4 Å². The van der Waals surface area contributed by atoms with E-state index in [-0.39, 0.29) is 11.8 Å². The van der Waals surface area contributed by atoms with Gasteiger partial charge in [0.2, 0.25) is 0 Å². The number of hydrogen-bond acceptors (Lipinski definition) is 4. The predicted molar refractivity (Wildman–Crippen MR) is 72.4 cm³/mol. The van der Waals surface area contributed by atoms with Crippen LogP contribution >= 0.6 is 11.8 Å². The number of nitrogens with zero attached hydrogens (tertiary/aromatic N) is 2. The summed E-state index contributed by atoms with van der Waals surface area (Å²) in [7, 11) is 0. The summed E-state index contributed by atoms with van der Waals surface area (Å²) in [4.78, 5) is 14.9. The first-order chi connectivity index (χ1) is 9.08. The quantitative estimate of drug-likeness (QED) is 0.824. The highest BCUT2D eigenvalue weighted by Gasteiger charge is 2.16. The molecule has 19 heavy (non-hydrogen) atoms. The summed E-state index contributed by atoms with van der Waals surface area (Å²) in [5, 5.41) is 9.48. The number of rotatable bonds is 6. The van der Waals surface area contributed by atoms with Crippen molar-refractivity contribution in [2.24, 2.45) is 0 Å². The van der Waals surface area contributed by atoms with Gasteiger partial charge in [-0.3, -0.25) is 4.79 Å². The van der Waals surface area contributed by atoms with Crippen LogP contribution in [0.2, 0.25) is 0 Å². The lowest BCUT2D eigenvalue weighted by molar-refractivity contribution is -0.133. The molecule has 2 heterocycles. The molecular formula is C13H16N2O3S. The van der Waals surface area contributed by atoms with Gasteiger partial charge < -0.3 is 14.1 Å². The summed E-state index contributed by atoms with van der Waals surface area (Å²) in [6.07, 6.45) is 4.18. The van der Waals surface area contributed by atoms with Crippen molar-refractivity contribution < 1.29 is 14.3 Å². The van der Waals surface area contributed by atoms with Crippen molar-refractivity contribution in [3.8, 4) is 0 Å². The molecule has 0 bridgehead atoms. The van der Waals surface area contributed by atoms with Crippen molar-refractivity contribution in [3.05, 3.63) is 36.0 Å². The monoisotopic (exact) mass is 280 g/mol. The van der Waals surface area contributed by atoms with Crippen molar-refractivity contribution in [1.82, 2.24) is 9.55 Å². The van der Waals surface area contributed by atoms with E-state index in [1.165, 1.54) is 11.8 Å². The van der Waals surface area contributed by atoms with E-state index in [4.69, 9.17) is 9.52 Å². The fraction of sp³-hybridized carbons (Fsp3) is 0.385. The molecule has 1 atom stereocenters. The fourth-order valence-electron chi connectivity index (χ4n) is 2.00. The van der Waals surface area contributed by atoms with Gasteiger partial charge in [-0.2, -0.15) is 0 Å². The Morgan fingerprint density at radius 3 is 3.05 bits per heavy atom. The van der Waals surface area contributed by atoms with Crippen molar-refractivity contribution in [2.75, 3.05) is 5.75 Å². The Morgan fingerprint density at radius 1 is 1.63 bits per heavy atom. The van der Waals surface area contributed by atoms with Gasteiger partial charge in [-0.25, -0.2) is 4.98 Å². The highest BCUT2D eigenvalue weighted by atomic mass is 32.2. The Kier molecular flexibility index (Phi) is 4.31. The van der Waals surface area contributed by atoms with Gasteiger partial charge in [-0.05, 0) is 26.0 Å². The Bertz CT molecular complexity index is 548. The molecule has 2 aromatic rings. The number of hydrogen-bond donors (Lipinski definition) is 1. The Labute approximate surface area is 115 Å². The largest absolute Gasteiger partial charge is 0.481 e. The third kappa shape index (κ3) is 3.41. The van der Waals surface area contributed by atoms with E-state index in [1.807, 2.05) is 19.1 Å². The number of carboxylic acids is 1. The average Bonchev–Trinajstić information content (AvgIpc) is 2.96. The molecule has 0 fully saturated rings. The van der Waals surface area contributed by atoms with Crippen LogP contribution in [0, 0.1) is 6.92 Å². The van der Waals surface area contributed by atoms with Crippen molar-refractivity contribution in [1.29, 1.82) is 0 Å². The fourth-order valence-corrected chi connectivity index (χ4v) is 2.85. The molecule has 2 aromatic heterocycles. The molecule has 0 saturated heterocycles. The van der Waals surface area contributed by atoms with Gasteiger partial charge in [0.1, 0.15) is 5.76 Å². The van der Waals surface area contributed by atoms with Gasteiger partial charge in [0.25, 0.3) is 0 Å². The summed E-state index contributed by atoms with van der Waals surface area (Å²) < 4.78 is 7.40. The van der Waals surface area contributed by atoms with Crippen LogP contribution in [0.4, 0.5) is 0 Å². The molecule has 0 amide bonds. The van der Waals surface area contributed by atoms with Gasteiger partial charge >= 0.3 is 5.97 Å². The second-order valence-electron chi connectivity index (χ2n) is 4.37. The van der Waals surface area contributed by atoms with E-state index < -0.39 is 5.97 Å². The minimum Gasteiger partial charge on any atom is -0.481 e. The molecular weight excluding hydrogens is 264 g/mol. The topological polar surface area (TPSA) is 68.3 Å². The zero-order valence-electron chi connectivity index (χ0n) is 10.9. The normalized spacial score (nSPS) is 12.5. The van der Waals surface area contributed by atoms with E-state index in [2.05, 4.69) is 16.5 Å². The van der Waals surface area contributed by atoms with E-state index in [1.54, 1.807) is 12.5 Å². The predicted octanol–water partition coefficient (Wildman–Crippen LogP) is 2.76. The molecule has 5 nitrogen and oxygen atoms in total. The lowest BCUT2D eigenvalue weighted by Crippen LogP contribution is -2.11. The van der Waals surface area contributed by atoms with E-state index in [9.17, 15) is 4.79 Å². The first-order valence-electron chi connectivity index (χ1n) is 5.98. The molecule has 102 valence electrons. The van der Waals surface area contributed by atoms with Gasteiger partial charge in [0, 0.05) is 24.4 Å². The van der Waals surface area contributed by atoms with Gasteiger partial charge in [-0.1, -0.05) is 11.8 Å². The standard InChI is InChI=1S/C13H16N2O3S/c1-9(6-11-4-3-5-18-11)15-10(2)7-14-13(15)19-8-12(16)17/h3-5,7,9H,6,8H2,1-2H3,(H,16,17). The molecule has 0 spiro atoms. The number of furan rings is 1. The summed E-state index contributed by atoms with van der Waals surface area (Å²) in [5.74, 6) is 0.0925.